The number of hydrogen-bond donors (Lipinski definition) is 0. The van der Waals surface area contributed by atoms with Crippen molar-refractivity contribution in [1.82, 2.24) is 0 Å². The number of halogens is 4. The third-order valence-corrected chi connectivity index (χ3v) is 6.41. The summed E-state index contributed by atoms with van der Waals surface area (Å²) in [5, 5.41) is 0. The van der Waals surface area contributed by atoms with Crippen molar-refractivity contribution in [3.8, 4) is 28.0 Å². The van der Waals surface area contributed by atoms with Crippen LogP contribution in [0.1, 0.15) is 51.2 Å². The number of hydrogen-bond acceptors (Lipinski definition) is 2. The zero-order valence-electron chi connectivity index (χ0n) is 19.8. The lowest BCUT2D eigenvalue weighted by Crippen LogP contribution is -2.21. The van der Waals surface area contributed by atoms with E-state index < -0.39 is 29.4 Å². The van der Waals surface area contributed by atoms with Gasteiger partial charge in [0.1, 0.15) is 0 Å². The normalized spacial score (nSPS) is 18.2. The summed E-state index contributed by atoms with van der Waals surface area (Å²) in [6, 6.07) is 12.1. The maximum Gasteiger partial charge on any atom is 0.201 e. The maximum atomic E-state index is 15.0. The topological polar surface area (TPSA) is 18.5 Å². The molecule has 4 rings (SSSR count). The molecule has 3 aromatic carbocycles. The van der Waals surface area contributed by atoms with E-state index in [-0.39, 0.29) is 22.4 Å². The summed E-state index contributed by atoms with van der Waals surface area (Å²) in [5.74, 6) is -3.75. The Bertz CT molecular complexity index is 1200. The molecule has 1 aliphatic rings. The van der Waals surface area contributed by atoms with Crippen molar-refractivity contribution in [2.45, 2.75) is 45.6 Å². The molecular formula is C29H28F4O2. The zero-order valence-corrected chi connectivity index (χ0v) is 19.8. The Balaban J connectivity index is 1.55. The molecular weight excluding hydrogens is 456 g/mol. The summed E-state index contributed by atoms with van der Waals surface area (Å²) >= 11 is 0. The molecule has 184 valence electrons. The Morgan fingerprint density at radius 1 is 0.829 bits per heavy atom. The Labute approximate surface area is 203 Å². The van der Waals surface area contributed by atoms with Gasteiger partial charge in [-0.15, -0.1) is 0 Å². The van der Waals surface area contributed by atoms with Gasteiger partial charge in [0, 0.05) is 16.7 Å². The van der Waals surface area contributed by atoms with Crippen molar-refractivity contribution >= 4 is 0 Å². The first-order valence-electron chi connectivity index (χ1n) is 11.9. The second-order valence-corrected chi connectivity index (χ2v) is 8.79. The predicted octanol–water partition coefficient (Wildman–Crippen LogP) is 8.76. The smallest absolute Gasteiger partial charge is 0.201 e. The Morgan fingerprint density at radius 3 is 2.03 bits per heavy atom. The van der Waals surface area contributed by atoms with E-state index >= 15 is 4.39 Å². The molecule has 0 bridgehead atoms. The Morgan fingerprint density at radius 2 is 1.46 bits per heavy atom. The molecule has 1 fully saturated rings. The minimum absolute atomic E-state index is 0.0414. The first-order valence-corrected chi connectivity index (χ1v) is 11.9. The van der Waals surface area contributed by atoms with E-state index in [0.717, 1.165) is 19.3 Å². The summed E-state index contributed by atoms with van der Waals surface area (Å²) in [4.78, 5) is 0. The van der Waals surface area contributed by atoms with E-state index in [1.165, 1.54) is 24.5 Å². The van der Waals surface area contributed by atoms with E-state index in [1.807, 2.05) is 0 Å². The lowest BCUT2D eigenvalue weighted by molar-refractivity contribution is -0.0214. The van der Waals surface area contributed by atoms with Gasteiger partial charge in [-0.1, -0.05) is 55.8 Å². The van der Waals surface area contributed by atoms with Crippen LogP contribution in [0.25, 0.3) is 22.3 Å². The minimum Gasteiger partial charge on any atom is -0.462 e. The molecule has 0 N–H and O–H groups in total. The molecule has 1 aliphatic heterocycles. The van der Waals surface area contributed by atoms with Crippen LogP contribution in [0.4, 0.5) is 17.6 Å². The molecule has 2 nitrogen and oxygen atoms in total. The molecule has 1 saturated heterocycles. The lowest BCUT2D eigenvalue weighted by atomic mass is 9.90. The van der Waals surface area contributed by atoms with Crippen LogP contribution in [0, 0.1) is 29.2 Å². The van der Waals surface area contributed by atoms with Crippen molar-refractivity contribution in [3.05, 3.63) is 89.7 Å². The largest absolute Gasteiger partial charge is 0.462 e. The summed E-state index contributed by atoms with van der Waals surface area (Å²) in [7, 11) is 0. The van der Waals surface area contributed by atoms with Gasteiger partial charge in [-0.25, -0.2) is 13.2 Å². The fourth-order valence-corrected chi connectivity index (χ4v) is 4.54. The van der Waals surface area contributed by atoms with Crippen LogP contribution < -0.4 is 4.74 Å². The van der Waals surface area contributed by atoms with E-state index in [0.29, 0.717) is 30.1 Å². The van der Waals surface area contributed by atoms with Gasteiger partial charge < -0.3 is 9.47 Å². The second-order valence-electron chi connectivity index (χ2n) is 8.79. The van der Waals surface area contributed by atoms with Crippen LogP contribution in [0.5, 0.6) is 5.75 Å². The first-order chi connectivity index (χ1) is 16.9. The van der Waals surface area contributed by atoms with Crippen molar-refractivity contribution in [2.24, 2.45) is 5.92 Å². The molecule has 0 spiro atoms. The highest BCUT2D eigenvalue weighted by molar-refractivity contribution is 5.71. The van der Waals surface area contributed by atoms with E-state index in [1.54, 1.807) is 43.3 Å². The van der Waals surface area contributed by atoms with Crippen molar-refractivity contribution < 1.29 is 27.0 Å². The number of benzene rings is 3. The summed E-state index contributed by atoms with van der Waals surface area (Å²) in [5.41, 5.74) is 1.20. The van der Waals surface area contributed by atoms with E-state index in [9.17, 15) is 13.2 Å². The van der Waals surface area contributed by atoms with Gasteiger partial charge >= 0.3 is 0 Å². The van der Waals surface area contributed by atoms with Crippen LogP contribution >= 0.6 is 0 Å². The highest BCUT2D eigenvalue weighted by Crippen LogP contribution is 2.37. The van der Waals surface area contributed by atoms with E-state index in [2.05, 4.69) is 6.92 Å². The van der Waals surface area contributed by atoms with Crippen molar-refractivity contribution in [1.29, 1.82) is 0 Å². The van der Waals surface area contributed by atoms with Gasteiger partial charge in [-0.3, -0.25) is 0 Å². The summed E-state index contributed by atoms with van der Waals surface area (Å²) < 4.78 is 69.8. The average molecular weight is 485 g/mol. The van der Waals surface area contributed by atoms with E-state index in [4.69, 9.17) is 9.47 Å². The molecule has 0 saturated carbocycles. The molecule has 2 unspecified atom stereocenters. The molecule has 2 atom stereocenters. The minimum atomic E-state index is -1.10. The molecule has 0 aliphatic carbocycles. The maximum absolute atomic E-state index is 15.0. The van der Waals surface area contributed by atoms with Gasteiger partial charge in [0.05, 0.1) is 19.0 Å². The van der Waals surface area contributed by atoms with Crippen LogP contribution in [0.2, 0.25) is 0 Å². The predicted molar refractivity (Wildman–Crippen MR) is 129 cm³/mol. The quantitative estimate of drug-likeness (QED) is 0.247. The second kappa shape index (κ2) is 11.1. The van der Waals surface area contributed by atoms with Crippen LogP contribution in [-0.4, -0.2) is 6.61 Å². The fourth-order valence-electron chi connectivity index (χ4n) is 4.54. The molecule has 0 amide bonds. The SMILES string of the molecule is C/C=C\Oc1ccc(-c2ccc(-c3ccc(C4CCC(CCC)CO4)c(F)c3F)cc2)c(F)c1F. The zero-order chi connectivity index (χ0) is 24.9. The average Bonchev–Trinajstić information content (AvgIpc) is 2.88. The molecule has 0 radical (unpaired) electrons. The lowest BCUT2D eigenvalue weighted by Gasteiger charge is -2.29. The van der Waals surface area contributed by atoms with Gasteiger partial charge in [0.2, 0.25) is 5.82 Å². The summed E-state index contributed by atoms with van der Waals surface area (Å²) in [6.07, 6.45) is 6.11. The Kier molecular flexibility index (Phi) is 7.91. The monoisotopic (exact) mass is 484 g/mol. The fraction of sp³-hybridized carbons (Fsp3) is 0.310. The summed E-state index contributed by atoms with van der Waals surface area (Å²) in [6.45, 7) is 4.37. The van der Waals surface area contributed by atoms with Gasteiger partial charge in [-0.05, 0) is 55.4 Å². The van der Waals surface area contributed by atoms with Crippen LogP contribution in [-0.2, 0) is 4.74 Å². The molecule has 3 aromatic rings. The van der Waals surface area contributed by atoms with Crippen molar-refractivity contribution in [2.75, 3.05) is 6.61 Å². The van der Waals surface area contributed by atoms with Gasteiger partial charge in [-0.2, -0.15) is 4.39 Å². The van der Waals surface area contributed by atoms with Crippen molar-refractivity contribution in [3.63, 3.8) is 0 Å². The van der Waals surface area contributed by atoms with Crippen LogP contribution in [0.3, 0.4) is 0 Å². The highest BCUT2D eigenvalue weighted by Gasteiger charge is 2.27. The molecule has 1 heterocycles. The Hall–Kier alpha value is -3.12. The molecule has 35 heavy (non-hydrogen) atoms. The standard InChI is InChI=1S/C29H28F4O2/c1-3-5-18-6-14-24(35-17-18)23-12-11-21(26(30)28(23)32)19-7-9-20(10-8-19)22-13-15-25(34-16-4-2)29(33)27(22)31/h4,7-13,15-16,18,24H,3,5-6,14,17H2,1-2H3/b16-4-. The van der Waals surface area contributed by atoms with Gasteiger partial charge in [0.15, 0.2) is 23.2 Å². The number of ether oxygens (including phenoxy) is 2. The first kappa shape index (κ1) is 25.0. The van der Waals surface area contributed by atoms with Crippen LogP contribution in [0.15, 0.2) is 60.9 Å². The number of allylic oxidation sites excluding steroid dienone is 1. The molecule has 6 heteroatoms. The molecule has 0 aromatic heterocycles. The van der Waals surface area contributed by atoms with Gasteiger partial charge in [0.25, 0.3) is 0 Å². The third kappa shape index (κ3) is 5.27. The highest BCUT2D eigenvalue weighted by atomic mass is 19.2. The third-order valence-electron chi connectivity index (χ3n) is 6.41. The number of rotatable bonds is 7.